The molecule has 0 amide bonds. The largest absolute Gasteiger partial charge is 0.472 e. The van der Waals surface area contributed by atoms with Gasteiger partial charge in [-0.25, -0.2) is 0 Å². The van der Waals surface area contributed by atoms with Crippen molar-refractivity contribution in [3.63, 3.8) is 0 Å². The highest BCUT2D eigenvalue weighted by atomic mass is 16.3. The second-order valence-electron chi connectivity index (χ2n) is 5.10. The Morgan fingerprint density at radius 2 is 1.88 bits per heavy atom. The molecule has 2 nitrogen and oxygen atoms in total. The van der Waals surface area contributed by atoms with Crippen LogP contribution in [-0.2, 0) is 6.42 Å². The second-order valence-corrected chi connectivity index (χ2v) is 5.10. The molecule has 0 radical (unpaired) electrons. The smallest absolute Gasteiger partial charge is 0.0935 e. The molecular formula is C14H23NO. The van der Waals surface area contributed by atoms with Gasteiger partial charge in [-0.1, -0.05) is 32.1 Å². The lowest BCUT2D eigenvalue weighted by Crippen LogP contribution is -2.32. The van der Waals surface area contributed by atoms with E-state index in [0.717, 1.165) is 12.3 Å². The maximum absolute atomic E-state index is 6.32. The number of furan rings is 1. The Bertz CT molecular complexity index is 273. The van der Waals surface area contributed by atoms with Gasteiger partial charge in [0.15, 0.2) is 0 Å². The van der Waals surface area contributed by atoms with E-state index >= 15 is 0 Å². The van der Waals surface area contributed by atoms with Gasteiger partial charge in [0.25, 0.3) is 0 Å². The molecule has 1 aliphatic carbocycles. The Balaban J connectivity index is 1.84. The molecule has 0 aliphatic heterocycles. The first-order valence-electron chi connectivity index (χ1n) is 6.63. The van der Waals surface area contributed by atoms with E-state index in [2.05, 4.69) is 0 Å². The predicted octanol–water partition coefficient (Wildman–Crippen LogP) is 3.51. The average molecular weight is 221 g/mol. The molecule has 1 aromatic rings. The van der Waals surface area contributed by atoms with Crippen molar-refractivity contribution >= 4 is 0 Å². The Morgan fingerprint density at radius 1 is 1.19 bits per heavy atom. The summed E-state index contributed by atoms with van der Waals surface area (Å²) in [6.07, 6.45) is 14.1. The van der Waals surface area contributed by atoms with Crippen LogP contribution in [0.1, 0.15) is 50.5 Å². The summed E-state index contributed by atoms with van der Waals surface area (Å²) in [7, 11) is 0. The van der Waals surface area contributed by atoms with Crippen molar-refractivity contribution in [1.82, 2.24) is 0 Å². The molecule has 1 aromatic heterocycles. The van der Waals surface area contributed by atoms with Crippen molar-refractivity contribution < 1.29 is 4.42 Å². The molecule has 90 valence electrons. The van der Waals surface area contributed by atoms with Gasteiger partial charge in [0.2, 0.25) is 0 Å². The van der Waals surface area contributed by atoms with Crippen molar-refractivity contribution in [3.8, 4) is 0 Å². The fraction of sp³-hybridized carbons (Fsp3) is 0.714. The van der Waals surface area contributed by atoms with Gasteiger partial charge in [-0.15, -0.1) is 0 Å². The highest BCUT2D eigenvalue weighted by Gasteiger charge is 2.19. The van der Waals surface area contributed by atoms with Gasteiger partial charge in [0, 0.05) is 6.04 Å². The van der Waals surface area contributed by atoms with E-state index in [1.54, 1.807) is 6.26 Å². The Hall–Kier alpha value is -0.760. The second kappa shape index (κ2) is 6.09. The van der Waals surface area contributed by atoms with Crippen molar-refractivity contribution in [3.05, 3.63) is 24.2 Å². The molecule has 1 saturated carbocycles. The highest BCUT2D eigenvalue weighted by Crippen LogP contribution is 2.25. The number of hydrogen-bond donors (Lipinski definition) is 1. The lowest BCUT2D eigenvalue weighted by Gasteiger charge is -2.25. The standard InChI is InChI=1S/C14H23NO/c15-14(10-12-8-9-16-11-12)13-6-4-2-1-3-5-7-13/h8-9,11,13-14H,1-7,10,15H2. The molecule has 1 unspecified atom stereocenters. The molecule has 1 fully saturated rings. The van der Waals surface area contributed by atoms with Gasteiger partial charge in [0.05, 0.1) is 12.5 Å². The Kier molecular flexibility index (Phi) is 4.46. The van der Waals surface area contributed by atoms with Crippen molar-refractivity contribution in [2.75, 3.05) is 0 Å². The molecule has 1 aliphatic rings. The van der Waals surface area contributed by atoms with Gasteiger partial charge < -0.3 is 10.2 Å². The van der Waals surface area contributed by atoms with Gasteiger partial charge in [-0.3, -0.25) is 0 Å². The topological polar surface area (TPSA) is 39.2 Å². The lowest BCUT2D eigenvalue weighted by atomic mass is 9.84. The lowest BCUT2D eigenvalue weighted by molar-refractivity contribution is 0.321. The molecule has 16 heavy (non-hydrogen) atoms. The summed E-state index contributed by atoms with van der Waals surface area (Å²) in [5.74, 6) is 0.718. The maximum Gasteiger partial charge on any atom is 0.0935 e. The quantitative estimate of drug-likeness (QED) is 0.848. The third-order valence-electron chi connectivity index (χ3n) is 3.81. The molecular weight excluding hydrogens is 198 g/mol. The maximum atomic E-state index is 6.32. The molecule has 1 atom stereocenters. The summed E-state index contributed by atoms with van der Waals surface area (Å²) in [4.78, 5) is 0. The van der Waals surface area contributed by atoms with Crippen LogP contribution < -0.4 is 5.73 Å². The van der Waals surface area contributed by atoms with Crippen LogP contribution in [0.4, 0.5) is 0 Å². The third-order valence-corrected chi connectivity index (χ3v) is 3.81. The van der Waals surface area contributed by atoms with E-state index in [0.29, 0.717) is 6.04 Å². The number of nitrogens with two attached hydrogens (primary N) is 1. The van der Waals surface area contributed by atoms with Crippen LogP contribution in [0.2, 0.25) is 0 Å². The number of rotatable bonds is 3. The van der Waals surface area contributed by atoms with Gasteiger partial charge in [0.1, 0.15) is 0 Å². The fourth-order valence-corrected chi connectivity index (χ4v) is 2.76. The zero-order valence-electron chi connectivity index (χ0n) is 10.0. The first-order chi connectivity index (χ1) is 7.86. The summed E-state index contributed by atoms with van der Waals surface area (Å²) in [5, 5.41) is 0. The summed E-state index contributed by atoms with van der Waals surface area (Å²) >= 11 is 0. The Morgan fingerprint density at radius 3 is 2.50 bits per heavy atom. The van der Waals surface area contributed by atoms with E-state index in [1.165, 1.54) is 50.5 Å². The van der Waals surface area contributed by atoms with Gasteiger partial charge in [-0.05, 0) is 36.8 Å². The Labute approximate surface area is 98.2 Å². The van der Waals surface area contributed by atoms with Crippen molar-refractivity contribution in [2.45, 2.75) is 57.4 Å². The van der Waals surface area contributed by atoms with E-state index in [1.807, 2.05) is 12.3 Å². The zero-order chi connectivity index (χ0) is 11.2. The average Bonchev–Trinajstić information content (AvgIpc) is 2.69. The first kappa shape index (κ1) is 11.7. The molecule has 0 saturated heterocycles. The monoisotopic (exact) mass is 221 g/mol. The number of hydrogen-bond acceptors (Lipinski definition) is 2. The van der Waals surface area contributed by atoms with Crippen molar-refractivity contribution in [2.24, 2.45) is 11.7 Å². The van der Waals surface area contributed by atoms with Gasteiger partial charge in [-0.2, -0.15) is 0 Å². The van der Waals surface area contributed by atoms with E-state index in [4.69, 9.17) is 10.2 Å². The van der Waals surface area contributed by atoms with Crippen LogP contribution in [0, 0.1) is 5.92 Å². The van der Waals surface area contributed by atoms with E-state index in [-0.39, 0.29) is 0 Å². The predicted molar refractivity (Wildman–Crippen MR) is 66.2 cm³/mol. The summed E-state index contributed by atoms with van der Waals surface area (Å²) < 4.78 is 5.09. The van der Waals surface area contributed by atoms with Gasteiger partial charge >= 0.3 is 0 Å². The third kappa shape index (κ3) is 3.38. The summed E-state index contributed by atoms with van der Waals surface area (Å²) in [5.41, 5.74) is 7.56. The normalized spacial score (nSPS) is 21.3. The summed E-state index contributed by atoms with van der Waals surface area (Å²) in [6.45, 7) is 0. The van der Waals surface area contributed by atoms with Crippen LogP contribution in [0.5, 0.6) is 0 Å². The molecule has 2 N–H and O–H groups in total. The first-order valence-corrected chi connectivity index (χ1v) is 6.63. The fourth-order valence-electron chi connectivity index (χ4n) is 2.76. The molecule has 0 spiro atoms. The molecule has 2 rings (SSSR count). The highest BCUT2D eigenvalue weighted by molar-refractivity contribution is 5.07. The van der Waals surface area contributed by atoms with Crippen LogP contribution in [0.15, 0.2) is 23.0 Å². The van der Waals surface area contributed by atoms with Crippen LogP contribution in [-0.4, -0.2) is 6.04 Å². The SMILES string of the molecule is NC(Cc1ccoc1)C1CCCCCCC1. The molecule has 2 heteroatoms. The zero-order valence-corrected chi connectivity index (χ0v) is 10.0. The van der Waals surface area contributed by atoms with Crippen LogP contribution in [0.3, 0.4) is 0 Å². The molecule has 0 aromatic carbocycles. The minimum absolute atomic E-state index is 0.315. The van der Waals surface area contributed by atoms with Crippen LogP contribution in [0.25, 0.3) is 0 Å². The molecule has 1 heterocycles. The van der Waals surface area contributed by atoms with E-state index < -0.39 is 0 Å². The summed E-state index contributed by atoms with van der Waals surface area (Å²) in [6, 6.07) is 2.35. The minimum atomic E-state index is 0.315. The minimum Gasteiger partial charge on any atom is -0.472 e. The van der Waals surface area contributed by atoms with Crippen molar-refractivity contribution in [1.29, 1.82) is 0 Å². The van der Waals surface area contributed by atoms with Crippen LogP contribution >= 0.6 is 0 Å². The van der Waals surface area contributed by atoms with E-state index in [9.17, 15) is 0 Å². The molecule has 0 bridgehead atoms.